The number of nitrogens with zero attached hydrogens (tertiary/aromatic N) is 1. The molecule has 3 rings (SSSR count). The molecular formula is C23H22BrClN2O3. The molecule has 0 aliphatic heterocycles. The van der Waals surface area contributed by atoms with Gasteiger partial charge >= 0.3 is 0 Å². The molecule has 0 unspecified atom stereocenters. The second-order valence-corrected chi connectivity index (χ2v) is 8.36. The highest BCUT2D eigenvalue weighted by Gasteiger charge is 2.20. The number of carbonyl (C=O) groups is 1. The van der Waals surface area contributed by atoms with Crippen molar-refractivity contribution in [1.29, 1.82) is 5.26 Å². The van der Waals surface area contributed by atoms with E-state index < -0.39 is 0 Å². The lowest BCUT2D eigenvalue weighted by Crippen LogP contribution is -2.33. The number of hydrogen-bond donors (Lipinski definition) is 1. The van der Waals surface area contributed by atoms with Crippen LogP contribution in [0.25, 0.3) is 6.08 Å². The fourth-order valence-electron chi connectivity index (χ4n) is 3.35. The minimum Gasteiger partial charge on any atom is -0.493 e. The molecule has 1 saturated carbocycles. The molecule has 2 aromatic carbocycles. The van der Waals surface area contributed by atoms with Crippen LogP contribution in [0.5, 0.6) is 11.5 Å². The summed E-state index contributed by atoms with van der Waals surface area (Å²) in [5.74, 6) is 0.694. The number of benzene rings is 2. The smallest absolute Gasteiger partial charge is 0.262 e. The maximum absolute atomic E-state index is 12.4. The molecule has 0 radical (unpaired) electrons. The molecule has 1 aliphatic rings. The van der Waals surface area contributed by atoms with Crippen LogP contribution in [0.3, 0.4) is 0 Å². The van der Waals surface area contributed by atoms with Crippen LogP contribution in [0.2, 0.25) is 5.02 Å². The Bertz CT molecular complexity index is 977. The summed E-state index contributed by atoms with van der Waals surface area (Å²) in [7, 11) is 1.54. The molecule has 1 N–H and O–H groups in total. The predicted octanol–water partition coefficient (Wildman–Crippen LogP) is 5.66. The maximum atomic E-state index is 12.4. The summed E-state index contributed by atoms with van der Waals surface area (Å²) in [4.78, 5) is 12.4. The van der Waals surface area contributed by atoms with Crippen LogP contribution in [0.15, 0.2) is 46.4 Å². The average molecular weight is 490 g/mol. The zero-order valence-electron chi connectivity index (χ0n) is 16.6. The van der Waals surface area contributed by atoms with Crippen molar-refractivity contribution in [2.75, 3.05) is 7.11 Å². The summed E-state index contributed by atoms with van der Waals surface area (Å²) in [6.45, 7) is 0.342. The summed E-state index contributed by atoms with van der Waals surface area (Å²) >= 11 is 9.42. The fraction of sp³-hybridized carbons (Fsp3) is 0.304. The zero-order chi connectivity index (χ0) is 21.5. The van der Waals surface area contributed by atoms with Crippen LogP contribution in [-0.4, -0.2) is 19.1 Å². The van der Waals surface area contributed by atoms with Gasteiger partial charge in [-0.3, -0.25) is 4.79 Å². The molecule has 156 valence electrons. The number of nitrogens with one attached hydrogen (secondary N) is 1. The number of halogens is 2. The summed E-state index contributed by atoms with van der Waals surface area (Å²) in [5.41, 5.74) is 1.69. The zero-order valence-corrected chi connectivity index (χ0v) is 18.9. The molecule has 0 bridgehead atoms. The van der Waals surface area contributed by atoms with Gasteiger partial charge in [-0.15, -0.1) is 0 Å². The maximum Gasteiger partial charge on any atom is 0.262 e. The molecule has 0 atom stereocenters. The third-order valence-electron chi connectivity index (χ3n) is 4.91. The number of hydrogen-bond acceptors (Lipinski definition) is 4. The Labute approximate surface area is 189 Å². The summed E-state index contributed by atoms with van der Waals surface area (Å²) in [6, 6.07) is 13.1. The molecule has 1 fully saturated rings. The van der Waals surface area contributed by atoms with Crippen molar-refractivity contribution < 1.29 is 14.3 Å². The summed E-state index contributed by atoms with van der Waals surface area (Å²) in [5, 5.41) is 13.1. The van der Waals surface area contributed by atoms with E-state index in [1.165, 1.54) is 0 Å². The second-order valence-electron chi connectivity index (χ2n) is 7.07. The lowest BCUT2D eigenvalue weighted by molar-refractivity contribution is -0.117. The molecule has 1 amide bonds. The Kier molecular flexibility index (Phi) is 7.78. The Morgan fingerprint density at radius 2 is 2.00 bits per heavy atom. The van der Waals surface area contributed by atoms with Crippen molar-refractivity contribution in [3.05, 3.63) is 62.6 Å². The minimum atomic E-state index is -0.345. The van der Waals surface area contributed by atoms with E-state index in [1.54, 1.807) is 37.5 Å². The second kappa shape index (κ2) is 10.5. The van der Waals surface area contributed by atoms with E-state index in [4.69, 9.17) is 21.1 Å². The number of rotatable bonds is 7. The number of carbonyl (C=O) groups excluding carboxylic acids is 1. The van der Waals surface area contributed by atoms with Crippen molar-refractivity contribution in [3.63, 3.8) is 0 Å². The van der Waals surface area contributed by atoms with E-state index in [1.807, 2.05) is 18.2 Å². The largest absolute Gasteiger partial charge is 0.493 e. The van der Waals surface area contributed by atoms with Crippen LogP contribution in [0.4, 0.5) is 0 Å². The number of ether oxygens (including phenoxy) is 2. The van der Waals surface area contributed by atoms with Crippen LogP contribution < -0.4 is 14.8 Å². The Hall–Kier alpha value is -2.49. The van der Waals surface area contributed by atoms with Crippen LogP contribution >= 0.6 is 27.5 Å². The molecular weight excluding hydrogens is 468 g/mol. The van der Waals surface area contributed by atoms with Crippen molar-refractivity contribution in [2.45, 2.75) is 38.3 Å². The summed E-state index contributed by atoms with van der Waals surface area (Å²) in [6.07, 6.45) is 5.70. The number of nitriles is 1. The molecule has 0 heterocycles. The van der Waals surface area contributed by atoms with Crippen molar-refractivity contribution in [2.24, 2.45) is 0 Å². The first kappa shape index (κ1) is 22.2. The molecule has 0 saturated heterocycles. The van der Waals surface area contributed by atoms with Gasteiger partial charge in [-0.05, 0) is 70.2 Å². The highest BCUT2D eigenvalue weighted by Crippen LogP contribution is 2.38. The van der Waals surface area contributed by atoms with Gasteiger partial charge < -0.3 is 14.8 Å². The first-order valence-corrected chi connectivity index (χ1v) is 10.8. The molecule has 2 aromatic rings. The molecule has 5 nitrogen and oxygen atoms in total. The van der Waals surface area contributed by atoms with Gasteiger partial charge in [-0.2, -0.15) is 5.26 Å². The Morgan fingerprint density at radius 3 is 2.63 bits per heavy atom. The van der Waals surface area contributed by atoms with Crippen molar-refractivity contribution >= 4 is 39.5 Å². The standard InChI is InChI=1S/C23H22BrClN2O3/c1-29-21-12-16(10-17(13-26)23(28)27-19-4-2-3-5-19)11-20(24)22(21)30-14-15-6-8-18(25)9-7-15/h6-12,19H,2-5,14H2,1H3,(H,27,28)/b17-10-. The van der Waals surface area contributed by atoms with Gasteiger partial charge in [0.25, 0.3) is 5.91 Å². The monoisotopic (exact) mass is 488 g/mol. The van der Waals surface area contributed by atoms with Gasteiger partial charge in [0, 0.05) is 11.1 Å². The topological polar surface area (TPSA) is 71.3 Å². The van der Waals surface area contributed by atoms with Crippen LogP contribution in [0, 0.1) is 11.3 Å². The SMILES string of the molecule is COc1cc(/C=C(/C#N)C(=O)NC2CCCC2)cc(Br)c1OCc1ccc(Cl)cc1. The van der Waals surface area contributed by atoms with Gasteiger partial charge in [0.05, 0.1) is 11.6 Å². The van der Waals surface area contributed by atoms with Crippen molar-refractivity contribution in [3.8, 4) is 17.6 Å². The van der Waals surface area contributed by atoms with Gasteiger partial charge in [-0.1, -0.05) is 36.6 Å². The van der Waals surface area contributed by atoms with E-state index in [0.717, 1.165) is 31.2 Å². The van der Waals surface area contributed by atoms with Crippen LogP contribution in [-0.2, 0) is 11.4 Å². The van der Waals surface area contributed by atoms with Gasteiger partial charge in [-0.25, -0.2) is 0 Å². The molecule has 1 aliphatic carbocycles. The normalized spacial score (nSPS) is 14.3. The van der Waals surface area contributed by atoms with Crippen LogP contribution in [0.1, 0.15) is 36.8 Å². The highest BCUT2D eigenvalue weighted by atomic mass is 79.9. The van der Waals surface area contributed by atoms with Gasteiger partial charge in [0.1, 0.15) is 18.2 Å². The molecule has 0 spiro atoms. The van der Waals surface area contributed by atoms with E-state index in [9.17, 15) is 10.1 Å². The van der Waals surface area contributed by atoms with Gasteiger partial charge in [0.2, 0.25) is 0 Å². The number of amides is 1. The third-order valence-corrected chi connectivity index (χ3v) is 5.76. The quantitative estimate of drug-likeness (QED) is 0.403. The van der Waals surface area contributed by atoms with E-state index in [0.29, 0.717) is 33.2 Å². The lowest BCUT2D eigenvalue weighted by Gasteiger charge is -2.14. The molecule has 7 heteroatoms. The van der Waals surface area contributed by atoms with E-state index in [2.05, 4.69) is 21.2 Å². The predicted molar refractivity (Wildman–Crippen MR) is 120 cm³/mol. The third kappa shape index (κ3) is 5.78. The average Bonchev–Trinajstić information content (AvgIpc) is 3.25. The van der Waals surface area contributed by atoms with E-state index in [-0.39, 0.29) is 17.5 Å². The van der Waals surface area contributed by atoms with Crippen molar-refractivity contribution in [1.82, 2.24) is 5.32 Å². The Morgan fingerprint density at radius 1 is 1.30 bits per heavy atom. The fourth-order valence-corrected chi connectivity index (χ4v) is 4.05. The van der Waals surface area contributed by atoms with E-state index >= 15 is 0 Å². The first-order valence-electron chi connectivity index (χ1n) is 9.67. The lowest BCUT2D eigenvalue weighted by atomic mass is 10.1. The summed E-state index contributed by atoms with van der Waals surface area (Å²) < 4.78 is 12.1. The molecule has 30 heavy (non-hydrogen) atoms. The molecule has 0 aromatic heterocycles. The minimum absolute atomic E-state index is 0.0608. The first-order chi connectivity index (χ1) is 14.5. The van der Waals surface area contributed by atoms with Gasteiger partial charge in [0.15, 0.2) is 11.5 Å². The highest BCUT2D eigenvalue weighted by molar-refractivity contribution is 9.10. The Balaban J connectivity index is 1.77. The number of methoxy groups -OCH3 is 1.